The topological polar surface area (TPSA) is 49.4 Å². The molecule has 1 saturated carbocycles. The summed E-state index contributed by atoms with van der Waals surface area (Å²) in [5, 5.41) is 2.73. The van der Waals surface area contributed by atoms with Gasteiger partial charge >= 0.3 is 0 Å². The average Bonchev–Trinajstić information content (AvgIpc) is 2.90. The molecule has 2 aliphatic heterocycles. The molecular formula is C11H16N2O2. The number of nitrogens with zero attached hydrogens (tertiary/aromatic N) is 1. The van der Waals surface area contributed by atoms with Crippen LogP contribution in [0.15, 0.2) is 0 Å². The number of likely N-dealkylation sites (tertiary alicyclic amines) is 1. The molecule has 3 aliphatic rings. The molecule has 2 bridgehead atoms. The first-order chi connectivity index (χ1) is 7.24. The summed E-state index contributed by atoms with van der Waals surface area (Å²) in [5.74, 6) is 0.888. The summed E-state index contributed by atoms with van der Waals surface area (Å²) in [6, 6.07) is 0.484. The molecule has 0 aromatic rings. The van der Waals surface area contributed by atoms with Crippen LogP contribution in [-0.4, -0.2) is 35.8 Å². The van der Waals surface area contributed by atoms with Gasteiger partial charge in [-0.05, 0) is 25.2 Å². The molecule has 1 aliphatic carbocycles. The van der Waals surface area contributed by atoms with Crippen molar-refractivity contribution in [3.63, 3.8) is 0 Å². The van der Waals surface area contributed by atoms with E-state index in [2.05, 4.69) is 5.32 Å². The number of piperidine rings is 1. The maximum Gasteiger partial charge on any atom is 0.228 e. The number of carbonyl (C=O) groups is 2. The van der Waals surface area contributed by atoms with Crippen LogP contribution < -0.4 is 5.32 Å². The number of rotatable bonds is 1. The zero-order chi connectivity index (χ0) is 10.4. The van der Waals surface area contributed by atoms with Crippen molar-refractivity contribution in [2.75, 3.05) is 13.1 Å². The minimum atomic E-state index is -0.0863. The third-order valence-electron chi connectivity index (χ3n) is 4.02. The maximum absolute atomic E-state index is 12.1. The second-order valence-corrected chi connectivity index (χ2v) is 5.03. The van der Waals surface area contributed by atoms with Gasteiger partial charge in [-0.25, -0.2) is 0 Å². The fourth-order valence-electron chi connectivity index (χ4n) is 3.21. The molecule has 4 nitrogen and oxygen atoms in total. The lowest BCUT2D eigenvalue weighted by Crippen LogP contribution is -2.41. The molecule has 2 saturated heterocycles. The highest BCUT2D eigenvalue weighted by molar-refractivity contribution is 5.89. The Kier molecular flexibility index (Phi) is 1.97. The highest BCUT2D eigenvalue weighted by Crippen LogP contribution is 2.38. The molecule has 3 unspecified atom stereocenters. The van der Waals surface area contributed by atoms with Crippen LogP contribution in [0.2, 0.25) is 0 Å². The Hall–Kier alpha value is -1.06. The summed E-state index contributed by atoms with van der Waals surface area (Å²) in [5.41, 5.74) is 0. The predicted octanol–water partition coefficient (Wildman–Crippen LogP) is 0.133. The highest BCUT2D eigenvalue weighted by atomic mass is 16.2. The Morgan fingerprint density at radius 3 is 2.80 bits per heavy atom. The Bertz CT molecular complexity index is 316. The van der Waals surface area contributed by atoms with Gasteiger partial charge in [0.1, 0.15) is 0 Å². The lowest BCUT2D eigenvalue weighted by molar-refractivity contribution is -0.137. The van der Waals surface area contributed by atoms with Gasteiger partial charge in [0.25, 0.3) is 0 Å². The number of hydrogen-bond acceptors (Lipinski definition) is 2. The number of hydrogen-bond donors (Lipinski definition) is 1. The van der Waals surface area contributed by atoms with Crippen LogP contribution >= 0.6 is 0 Å². The summed E-state index contributed by atoms with van der Waals surface area (Å²) >= 11 is 0. The molecule has 3 atom stereocenters. The molecule has 0 aromatic carbocycles. The molecular weight excluding hydrogens is 192 g/mol. The van der Waals surface area contributed by atoms with Crippen molar-refractivity contribution in [2.45, 2.75) is 31.7 Å². The Morgan fingerprint density at radius 2 is 2.27 bits per heavy atom. The summed E-state index contributed by atoms with van der Waals surface area (Å²) < 4.78 is 0. The van der Waals surface area contributed by atoms with E-state index >= 15 is 0 Å². The average molecular weight is 208 g/mol. The zero-order valence-electron chi connectivity index (χ0n) is 8.74. The van der Waals surface area contributed by atoms with Gasteiger partial charge < -0.3 is 10.2 Å². The molecule has 0 radical (unpaired) electrons. The lowest BCUT2D eigenvalue weighted by atomic mass is 10.0. The number of amides is 2. The molecule has 1 N–H and O–H groups in total. The minimum absolute atomic E-state index is 0.0257. The van der Waals surface area contributed by atoms with E-state index < -0.39 is 0 Å². The minimum Gasteiger partial charge on any atom is -0.355 e. The monoisotopic (exact) mass is 208 g/mol. The van der Waals surface area contributed by atoms with Crippen molar-refractivity contribution in [2.24, 2.45) is 11.8 Å². The van der Waals surface area contributed by atoms with Gasteiger partial charge in [0.2, 0.25) is 11.8 Å². The van der Waals surface area contributed by atoms with Crippen LogP contribution in [0.5, 0.6) is 0 Å². The van der Waals surface area contributed by atoms with Crippen LogP contribution in [0.25, 0.3) is 0 Å². The Balaban J connectivity index is 1.67. The molecule has 15 heavy (non-hydrogen) atoms. The van der Waals surface area contributed by atoms with Gasteiger partial charge in [-0.15, -0.1) is 0 Å². The van der Waals surface area contributed by atoms with E-state index in [1.807, 2.05) is 4.90 Å². The molecule has 0 spiro atoms. The van der Waals surface area contributed by atoms with Crippen LogP contribution in [-0.2, 0) is 9.59 Å². The van der Waals surface area contributed by atoms with Gasteiger partial charge in [0.15, 0.2) is 0 Å². The fourth-order valence-corrected chi connectivity index (χ4v) is 3.21. The summed E-state index contributed by atoms with van der Waals surface area (Å²) in [7, 11) is 0. The standard InChI is InChI=1S/C11H16N2O2/c14-10-4-8(5-12-10)11(15)13-6-7-1-2-9(13)3-7/h7-9H,1-6H2,(H,12,14). The van der Waals surface area contributed by atoms with Crippen molar-refractivity contribution < 1.29 is 9.59 Å². The van der Waals surface area contributed by atoms with E-state index in [1.54, 1.807) is 0 Å². The maximum atomic E-state index is 12.1. The van der Waals surface area contributed by atoms with Crippen LogP contribution in [0.1, 0.15) is 25.7 Å². The first kappa shape index (κ1) is 9.19. The molecule has 82 valence electrons. The van der Waals surface area contributed by atoms with Gasteiger partial charge in [0, 0.05) is 25.6 Å². The van der Waals surface area contributed by atoms with E-state index in [1.165, 1.54) is 19.3 Å². The molecule has 3 rings (SSSR count). The number of nitrogens with one attached hydrogen (secondary N) is 1. The lowest BCUT2D eigenvalue weighted by Gasteiger charge is -2.28. The summed E-state index contributed by atoms with van der Waals surface area (Å²) in [6.07, 6.45) is 4.05. The van der Waals surface area contributed by atoms with Crippen molar-refractivity contribution in [1.29, 1.82) is 0 Å². The first-order valence-corrected chi connectivity index (χ1v) is 5.81. The van der Waals surface area contributed by atoms with Crippen LogP contribution in [0.4, 0.5) is 0 Å². The highest BCUT2D eigenvalue weighted by Gasteiger charge is 2.43. The quantitative estimate of drug-likeness (QED) is 0.666. The van der Waals surface area contributed by atoms with Crippen molar-refractivity contribution >= 4 is 11.8 Å². The van der Waals surface area contributed by atoms with E-state index in [0.29, 0.717) is 19.0 Å². The molecule has 2 amide bonds. The molecule has 0 aromatic heterocycles. The van der Waals surface area contributed by atoms with E-state index in [9.17, 15) is 9.59 Å². The van der Waals surface area contributed by atoms with Gasteiger partial charge in [-0.2, -0.15) is 0 Å². The largest absolute Gasteiger partial charge is 0.355 e. The third kappa shape index (κ3) is 1.43. The van der Waals surface area contributed by atoms with E-state index in [0.717, 1.165) is 12.5 Å². The smallest absolute Gasteiger partial charge is 0.228 e. The Morgan fingerprint density at radius 1 is 1.40 bits per heavy atom. The van der Waals surface area contributed by atoms with Crippen LogP contribution in [0, 0.1) is 11.8 Å². The second-order valence-electron chi connectivity index (χ2n) is 5.03. The normalized spacial score (nSPS) is 38.5. The van der Waals surface area contributed by atoms with Gasteiger partial charge in [-0.1, -0.05) is 0 Å². The van der Waals surface area contributed by atoms with Gasteiger partial charge in [-0.3, -0.25) is 9.59 Å². The Labute approximate surface area is 89.0 Å². The molecule has 3 fully saturated rings. The van der Waals surface area contributed by atoms with E-state index in [-0.39, 0.29) is 17.7 Å². The second kappa shape index (κ2) is 3.22. The number of carbonyl (C=O) groups excluding carboxylic acids is 2. The molecule has 2 heterocycles. The predicted molar refractivity (Wildman–Crippen MR) is 54.0 cm³/mol. The van der Waals surface area contributed by atoms with E-state index in [4.69, 9.17) is 0 Å². The fraction of sp³-hybridized carbons (Fsp3) is 0.818. The van der Waals surface area contributed by atoms with Crippen molar-refractivity contribution in [3.05, 3.63) is 0 Å². The molecule has 4 heteroatoms. The van der Waals surface area contributed by atoms with Gasteiger partial charge in [0.05, 0.1) is 5.92 Å². The number of fused-ring (bicyclic) bond motifs is 2. The van der Waals surface area contributed by atoms with Crippen molar-refractivity contribution in [1.82, 2.24) is 10.2 Å². The van der Waals surface area contributed by atoms with Crippen LogP contribution in [0.3, 0.4) is 0 Å². The third-order valence-corrected chi connectivity index (χ3v) is 4.02. The SMILES string of the molecule is O=C1CC(C(=O)N2CC3CCC2C3)CN1. The van der Waals surface area contributed by atoms with Crippen molar-refractivity contribution in [3.8, 4) is 0 Å². The summed E-state index contributed by atoms with van der Waals surface area (Å²) in [6.45, 7) is 1.49. The summed E-state index contributed by atoms with van der Waals surface area (Å²) in [4.78, 5) is 25.2. The first-order valence-electron chi connectivity index (χ1n) is 5.81. The zero-order valence-corrected chi connectivity index (χ0v) is 8.74.